The van der Waals surface area contributed by atoms with Crippen LogP contribution in [0.3, 0.4) is 0 Å². The highest BCUT2D eigenvalue weighted by Gasteiger charge is 2.12. The molecule has 0 aliphatic heterocycles. The van der Waals surface area contributed by atoms with Gasteiger partial charge in [0.15, 0.2) is 10.7 Å². The first-order valence-corrected chi connectivity index (χ1v) is 10.3. The number of benzene rings is 3. The number of carbonyl (C=O) groups excluding carboxylic acids is 1. The van der Waals surface area contributed by atoms with Gasteiger partial charge in [0.2, 0.25) is 5.89 Å². The minimum absolute atomic E-state index is 0.221. The number of thiocarbonyl (C=S) groups is 1. The van der Waals surface area contributed by atoms with Gasteiger partial charge in [-0.1, -0.05) is 24.3 Å². The molecule has 0 atom stereocenters. The number of amides is 1. The minimum Gasteiger partial charge on any atom is -0.436 e. The van der Waals surface area contributed by atoms with E-state index in [1.807, 2.05) is 67.6 Å². The quantitative estimate of drug-likeness (QED) is 0.279. The van der Waals surface area contributed by atoms with Crippen molar-refractivity contribution >= 4 is 62.6 Å². The van der Waals surface area contributed by atoms with Gasteiger partial charge in [-0.05, 0) is 89.8 Å². The van der Waals surface area contributed by atoms with Crippen LogP contribution >= 0.6 is 34.8 Å². The second-order valence-corrected chi connectivity index (χ2v) is 8.09. The number of hydrogen-bond acceptors (Lipinski definition) is 4. The number of carbonyl (C=O) groups is 1. The van der Waals surface area contributed by atoms with Crippen molar-refractivity contribution in [1.29, 1.82) is 0 Å². The van der Waals surface area contributed by atoms with Crippen molar-refractivity contribution in [3.63, 3.8) is 0 Å². The number of rotatable bonds is 3. The molecule has 144 valence electrons. The number of nitrogens with zero attached hydrogens (tertiary/aromatic N) is 1. The molecule has 4 rings (SSSR count). The van der Waals surface area contributed by atoms with Crippen LogP contribution in [0.2, 0.25) is 0 Å². The maximum Gasteiger partial charge on any atom is 0.257 e. The van der Waals surface area contributed by atoms with Crippen molar-refractivity contribution in [3.05, 3.63) is 81.4 Å². The fourth-order valence-corrected chi connectivity index (χ4v) is 3.66. The van der Waals surface area contributed by atoms with Crippen molar-refractivity contribution < 1.29 is 9.21 Å². The summed E-state index contributed by atoms with van der Waals surface area (Å²) in [6.45, 7) is 1.88. The Morgan fingerprint density at radius 3 is 2.69 bits per heavy atom. The summed E-state index contributed by atoms with van der Waals surface area (Å²) in [4.78, 5) is 17.0. The van der Waals surface area contributed by atoms with Crippen molar-refractivity contribution in [2.24, 2.45) is 0 Å². The second-order valence-electron chi connectivity index (χ2n) is 6.44. The van der Waals surface area contributed by atoms with Gasteiger partial charge in [-0.2, -0.15) is 0 Å². The molecule has 0 unspecified atom stereocenters. The molecule has 0 saturated heterocycles. The lowest BCUT2D eigenvalue weighted by molar-refractivity contribution is 0.0977. The van der Waals surface area contributed by atoms with E-state index in [1.165, 1.54) is 0 Å². The number of oxazole rings is 1. The first-order chi connectivity index (χ1) is 14.0. The van der Waals surface area contributed by atoms with Gasteiger partial charge < -0.3 is 9.73 Å². The number of aryl methyl sites for hydroxylation is 1. The Bertz CT molecular complexity index is 1240. The summed E-state index contributed by atoms with van der Waals surface area (Å²) in [5.74, 6) is 0.315. The lowest BCUT2D eigenvalue weighted by Gasteiger charge is -2.10. The smallest absolute Gasteiger partial charge is 0.257 e. The molecule has 1 amide bonds. The third-order valence-corrected chi connectivity index (χ3v) is 5.21. The molecule has 1 aromatic heterocycles. The molecule has 4 aromatic rings. The summed E-state index contributed by atoms with van der Waals surface area (Å²) in [6.07, 6.45) is 0. The van der Waals surface area contributed by atoms with E-state index in [9.17, 15) is 4.79 Å². The minimum atomic E-state index is -0.246. The van der Waals surface area contributed by atoms with E-state index in [1.54, 1.807) is 6.07 Å². The summed E-state index contributed by atoms with van der Waals surface area (Å²) in [7, 11) is 0. The topological polar surface area (TPSA) is 67.2 Å². The third kappa shape index (κ3) is 4.46. The highest BCUT2D eigenvalue weighted by molar-refractivity contribution is 14.1. The molecule has 0 aliphatic carbocycles. The van der Waals surface area contributed by atoms with Crippen LogP contribution < -0.4 is 10.6 Å². The Kier molecular flexibility index (Phi) is 5.59. The van der Waals surface area contributed by atoms with E-state index in [0.29, 0.717) is 22.6 Å². The molecule has 2 N–H and O–H groups in total. The number of fused-ring (bicyclic) bond motifs is 1. The average molecular weight is 513 g/mol. The molecule has 1 heterocycles. The Morgan fingerprint density at radius 1 is 1.07 bits per heavy atom. The van der Waals surface area contributed by atoms with Crippen molar-refractivity contribution in [2.45, 2.75) is 6.92 Å². The first kappa shape index (κ1) is 19.5. The maximum absolute atomic E-state index is 12.4. The van der Waals surface area contributed by atoms with Crippen molar-refractivity contribution in [1.82, 2.24) is 10.3 Å². The molecule has 7 heteroatoms. The van der Waals surface area contributed by atoms with Crippen LogP contribution in [0.5, 0.6) is 0 Å². The van der Waals surface area contributed by atoms with Crippen LogP contribution in [0.15, 0.2) is 71.1 Å². The van der Waals surface area contributed by atoms with Gasteiger partial charge in [0.1, 0.15) is 5.52 Å². The van der Waals surface area contributed by atoms with Gasteiger partial charge >= 0.3 is 0 Å². The largest absolute Gasteiger partial charge is 0.436 e. The van der Waals surface area contributed by atoms with Gasteiger partial charge in [0, 0.05) is 20.4 Å². The average Bonchev–Trinajstić information content (AvgIpc) is 3.11. The lowest BCUT2D eigenvalue weighted by Crippen LogP contribution is -2.34. The SMILES string of the molecule is Cc1ccccc1C(=O)NC(=S)Nc1ccc2oc(-c3cccc(I)c3)nc2c1. The van der Waals surface area contributed by atoms with Crippen LogP contribution in [0.4, 0.5) is 5.69 Å². The fourth-order valence-electron chi connectivity index (χ4n) is 2.91. The highest BCUT2D eigenvalue weighted by Crippen LogP contribution is 2.27. The van der Waals surface area contributed by atoms with E-state index < -0.39 is 0 Å². The third-order valence-electron chi connectivity index (χ3n) is 4.33. The Morgan fingerprint density at radius 2 is 1.90 bits per heavy atom. The molecule has 0 spiro atoms. The highest BCUT2D eigenvalue weighted by atomic mass is 127. The van der Waals surface area contributed by atoms with E-state index >= 15 is 0 Å². The molecule has 3 aromatic carbocycles. The van der Waals surface area contributed by atoms with Crippen LogP contribution in [0, 0.1) is 10.5 Å². The number of halogens is 1. The van der Waals surface area contributed by atoms with Crippen molar-refractivity contribution in [2.75, 3.05) is 5.32 Å². The standard InChI is InChI=1S/C22H16IN3O2S/c1-13-5-2-3-8-17(13)20(27)26-22(29)24-16-9-10-19-18(12-16)25-21(28-19)14-6-4-7-15(23)11-14/h2-12H,1H3,(H2,24,26,27,29). The first-order valence-electron chi connectivity index (χ1n) is 8.84. The molecule has 0 fully saturated rings. The molecule has 29 heavy (non-hydrogen) atoms. The zero-order valence-corrected chi connectivity index (χ0v) is 18.4. The Labute approximate surface area is 186 Å². The summed E-state index contributed by atoms with van der Waals surface area (Å²) < 4.78 is 6.97. The van der Waals surface area contributed by atoms with E-state index in [-0.39, 0.29) is 11.0 Å². The van der Waals surface area contributed by atoms with Crippen LogP contribution in [-0.2, 0) is 0 Å². The molecular formula is C22H16IN3O2S. The van der Waals surface area contributed by atoms with E-state index in [4.69, 9.17) is 16.6 Å². The maximum atomic E-state index is 12.4. The van der Waals surface area contributed by atoms with E-state index in [0.717, 1.165) is 20.4 Å². The summed E-state index contributed by atoms with van der Waals surface area (Å²) in [5.41, 5.74) is 4.50. The molecule has 0 aliphatic rings. The Balaban J connectivity index is 1.50. The second kappa shape index (κ2) is 8.30. The van der Waals surface area contributed by atoms with Gasteiger partial charge in [0.25, 0.3) is 5.91 Å². The lowest BCUT2D eigenvalue weighted by atomic mass is 10.1. The van der Waals surface area contributed by atoms with Crippen LogP contribution in [0.1, 0.15) is 15.9 Å². The van der Waals surface area contributed by atoms with Crippen molar-refractivity contribution in [3.8, 4) is 11.5 Å². The molecular weight excluding hydrogens is 497 g/mol. The van der Waals surface area contributed by atoms with Crippen LogP contribution in [0.25, 0.3) is 22.6 Å². The molecule has 5 nitrogen and oxygen atoms in total. The zero-order valence-electron chi connectivity index (χ0n) is 15.4. The van der Waals surface area contributed by atoms with Gasteiger partial charge in [-0.25, -0.2) is 4.98 Å². The fraction of sp³-hybridized carbons (Fsp3) is 0.0455. The summed E-state index contributed by atoms with van der Waals surface area (Å²) in [6, 6.07) is 20.8. The molecule has 0 bridgehead atoms. The van der Waals surface area contributed by atoms with Gasteiger partial charge in [0.05, 0.1) is 0 Å². The number of aromatic nitrogens is 1. The number of anilines is 1. The Hall–Kier alpha value is -2.78. The normalized spacial score (nSPS) is 10.7. The van der Waals surface area contributed by atoms with E-state index in [2.05, 4.69) is 38.2 Å². The summed E-state index contributed by atoms with van der Waals surface area (Å²) >= 11 is 7.54. The number of hydrogen-bond donors (Lipinski definition) is 2. The number of nitrogens with one attached hydrogen (secondary N) is 2. The zero-order chi connectivity index (χ0) is 20.4. The predicted octanol–water partition coefficient (Wildman–Crippen LogP) is 5.53. The molecule has 0 radical (unpaired) electrons. The van der Waals surface area contributed by atoms with Gasteiger partial charge in [-0.15, -0.1) is 0 Å². The summed E-state index contributed by atoms with van der Waals surface area (Å²) in [5, 5.41) is 5.96. The van der Waals surface area contributed by atoms with Crippen LogP contribution in [-0.4, -0.2) is 16.0 Å². The monoisotopic (exact) mass is 513 g/mol. The van der Waals surface area contributed by atoms with Gasteiger partial charge in [-0.3, -0.25) is 10.1 Å². The molecule has 0 saturated carbocycles. The predicted molar refractivity (Wildman–Crippen MR) is 127 cm³/mol.